The zero-order chi connectivity index (χ0) is 16.4. The monoisotopic (exact) mass is 323 g/mol. The summed E-state index contributed by atoms with van der Waals surface area (Å²) in [5.74, 6) is -0.893. The Hall–Kier alpha value is -2.59. The average molecular weight is 323 g/mol. The molecule has 3 aromatic rings. The smallest absolute Gasteiger partial charge is 0.338 e. The molecule has 0 aliphatic rings. The van der Waals surface area contributed by atoms with E-state index in [1.807, 2.05) is 56.3 Å². The summed E-state index contributed by atoms with van der Waals surface area (Å²) < 4.78 is 0. The van der Waals surface area contributed by atoms with Crippen LogP contribution in [0.15, 0.2) is 54.6 Å². The van der Waals surface area contributed by atoms with E-state index in [4.69, 9.17) is 0 Å². The molecule has 0 radical (unpaired) electrons. The number of hydrogen-bond donors (Lipinski definition) is 2. The van der Waals surface area contributed by atoms with Gasteiger partial charge in [0.2, 0.25) is 0 Å². The first-order valence-corrected chi connectivity index (χ1v) is 8.13. The SMILES string of the molecule is Cc1sc(C)c(C(=O)O)c1Nc1ccc(-c2ccccc2)cc1. The molecule has 0 bridgehead atoms. The number of benzene rings is 2. The van der Waals surface area contributed by atoms with Crippen molar-refractivity contribution < 1.29 is 9.90 Å². The Labute approximate surface area is 139 Å². The number of carboxylic acid groups (broad SMARTS) is 1. The van der Waals surface area contributed by atoms with Gasteiger partial charge < -0.3 is 10.4 Å². The third-order valence-corrected chi connectivity index (χ3v) is 4.76. The van der Waals surface area contributed by atoms with E-state index in [0.29, 0.717) is 11.3 Å². The number of aryl methyl sites for hydroxylation is 2. The van der Waals surface area contributed by atoms with Gasteiger partial charge in [-0.1, -0.05) is 42.5 Å². The molecule has 0 saturated carbocycles. The highest BCUT2D eigenvalue weighted by Gasteiger charge is 2.19. The second kappa shape index (κ2) is 6.26. The largest absolute Gasteiger partial charge is 0.478 e. The van der Waals surface area contributed by atoms with Gasteiger partial charge in [-0.05, 0) is 37.1 Å². The molecule has 23 heavy (non-hydrogen) atoms. The fraction of sp³-hybridized carbons (Fsp3) is 0.105. The summed E-state index contributed by atoms with van der Waals surface area (Å²) in [6.07, 6.45) is 0. The predicted octanol–water partition coefficient (Wildman–Crippen LogP) is 5.47. The molecule has 0 amide bonds. The van der Waals surface area contributed by atoms with Crippen molar-refractivity contribution in [2.75, 3.05) is 5.32 Å². The summed E-state index contributed by atoms with van der Waals surface area (Å²) in [6.45, 7) is 3.77. The van der Waals surface area contributed by atoms with Crippen LogP contribution in [0.2, 0.25) is 0 Å². The quantitative estimate of drug-likeness (QED) is 0.669. The maximum absolute atomic E-state index is 11.5. The van der Waals surface area contributed by atoms with Crippen molar-refractivity contribution >= 4 is 28.7 Å². The molecule has 3 rings (SSSR count). The minimum atomic E-state index is -0.893. The van der Waals surface area contributed by atoms with Gasteiger partial charge in [-0.3, -0.25) is 0 Å². The van der Waals surface area contributed by atoms with E-state index < -0.39 is 5.97 Å². The van der Waals surface area contributed by atoms with Gasteiger partial charge in [0, 0.05) is 15.4 Å². The molecule has 0 atom stereocenters. The van der Waals surface area contributed by atoms with Gasteiger partial charge in [-0.2, -0.15) is 0 Å². The number of carbonyl (C=O) groups is 1. The van der Waals surface area contributed by atoms with Crippen LogP contribution in [0.25, 0.3) is 11.1 Å². The van der Waals surface area contributed by atoms with E-state index in [0.717, 1.165) is 26.6 Å². The zero-order valence-corrected chi connectivity index (χ0v) is 13.8. The first kappa shape index (κ1) is 15.3. The summed E-state index contributed by atoms with van der Waals surface area (Å²) in [4.78, 5) is 13.2. The second-order valence-electron chi connectivity index (χ2n) is 5.34. The van der Waals surface area contributed by atoms with Crippen molar-refractivity contribution in [1.29, 1.82) is 0 Å². The Kier molecular flexibility index (Phi) is 4.17. The van der Waals surface area contributed by atoms with Crippen LogP contribution in [-0.2, 0) is 0 Å². The molecule has 2 aromatic carbocycles. The van der Waals surface area contributed by atoms with Crippen molar-refractivity contribution in [1.82, 2.24) is 0 Å². The standard InChI is InChI=1S/C19H17NO2S/c1-12-17(19(21)22)18(13(2)23-12)20-16-10-8-15(9-11-16)14-6-4-3-5-7-14/h3-11,20H,1-2H3,(H,21,22). The highest BCUT2D eigenvalue weighted by atomic mass is 32.1. The van der Waals surface area contributed by atoms with E-state index in [9.17, 15) is 9.90 Å². The van der Waals surface area contributed by atoms with Gasteiger partial charge in [0.1, 0.15) is 0 Å². The Balaban J connectivity index is 1.89. The normalized spacial score (nSPS) is 10.5. The molecule has 4 heteroatoms. The van der Waals surface area contributed by atoms with Crippen LogP contribution >= 0.6 is 11.3 Å². The minimum Gasteiger partial charge on any atom is -0.478 e. The van der Waals surface area contributed by atoms with Gasteiger partial charge >= 0.3 is 5.97 Å². The van der Waals surface area contributed by atoms with Gasteiger partial charge in [0.05, 0.1) is 11.3 Å². The third kappa shape index (κ3) is 3.12. The summed E-state index contributed by atoms with van der Waals surface area (Å²) in [5, 5.41) is 12.6. The molecule has 0 fully saturated rings. The fourth-order valence-corrected chi connectivity index (χ4v) is 3.62. The lowest BCUT2D eigenvalue weighted by Crippen LogP contribution is -2.02. The fourth-order valence-electron chi connectivity index (χ4n) is 2.61. The van der Waals surface area contributed by atoms with Crippen LogP contribution in [0.4, 0.5) is 11.4 Å². The lowest BCUT2D eigenvalue weighted by Gasteiger charge is -2.09. The van der Waals surface area contributed by atoms with Crippen LogP contribution in [-0.4, -0.2) is 11.1 Å². The van der Waals surface area contributed by atoms with E-state index in [-0.39, 0.29) is 0 Å². The van der Waals surface area contributed by atoms with Crippen molar-refractivity contribution in [2.24, 2.45) is 0 Å². The van der Waals surface area contributed by atoms with Gasteiger partial charge in [-0.25, -0.2) is 4.79 Å². The number of thiophene rings is 1. The number of rotatable bonds is 4. The molecule has 0 saturated heterocycles. The molecule has 3 nitrogen and oxygen atoms in total. The van der Waals surface area contributed by atoms with Crippen molar-refractivity contribution in [3.8, 4) is 11.1 Å². The Bertz CT molecular complexity index is 836. The Morgan fingerprint density at radius 2 is 1.52 bits per heavy atom. The Morgan fingerprint density at radius 3 is 2.13 bits per heavy atom. The van der Waals surface area contributed by atoms with Crippen molar-refractivity contribution in [3.05, 3.63) is 69.9 Å². The minimum absolute atomic E-state index is 0.361. The molecule has 0 aliphatic heterocycles. The molecule has 2 N–H and O–H groups in total. The summed E-state index contributed by atoms with van der Waals surface area (Å²) in [7, 11) is 0. The molecule has 1 heterocycles. The number of aromatic carboxylic acids is 1. The van der Waals surface area contributed by atoms with Crippen LogP contribution in [0.1, 0.15) is 20.1 Å². The summed E-state index contributed by atoms with van der Waals surface area (Å²) >= 11 is 1.50. The maximum Gasteiger partial charge on any atom is 0.338 e. The molecule has 0 spiro atoms. The third-order valence-electron chi connectivity index (χ3n) is 3.74. The molecule has 0 unspecified atom stereocenters. The molecule has 0 aliphatic carbocycles. The van der Waals surface area contributed by atoms with Gasteiger partial charge in [0.25, 0.3) is 0 Å². The van der Waals surface area contributed by atoms with Crippen LogP contribution in [0, 0.1) is 13.8 Å². The number of anilines is 2. The van der Waals surface area contributed by atoms with E-state index in [1.54, 1.807) is 0 Å². The maximum atomic E-state index is 11.5. The average Bonchev–Trinajstić information content (AvgIpc) is 2.83. The molecular formula is C19H17NO2S. The molecular weight excluding hydrogens is 306 g/mol. The van der Waals surface area contributed by atoms with E-state index in [1.165, 1.54) is 11.3 Å². The van der Waals surface area contributed by atoms with E-state index in [2.05, 4.69) is 17.4 Å². The van der Waals surface area contributed by atoms with Crippen molar-refractivity contribution in [2.45, 2.75) is 13.8 Å². The first-order valence-electron chi connectivity index (χ1n) is 7.32. The highest BCUT2D eigenvalue weighted by molar-refractivity contribution is 7.12. The zero-order valence-electron chi connectivity index (χ0n) is 13.0. The lowest BCUT2D eigenvalue weighted by atomic mass is 10.1. The summed E-state index contributed by atoms with van der Waals surface area (Å²) in [6, 6.07) is 18.2. The van der Waals surface area contributed by atoms with E-state index >= 15 is 0 Å². The topological polar surface area (TPSA) is 49.3 Å². The van der Waals surface area contributed by atoms with Crippen LogP contribution in [0.5, 0.6) is 0 Å². The molecule has 1 aromatic heterocycles. The number of carboxylic acids is 1. The highest BCUT2D eigenvalue weighted by Crippen LogP contribution is 2.34. The van der Waals surface area contributed by atoms with Crippen molar-refractivity contribution in [3.63, 3.8) is 0 Å². The van der Waals surface area contributed by atoms with Crippen LogP contribution in [0.3, 0.4) is 0 Å². The first-order chi connectivity index (χ1) is 11.1. The second-order valence-corrected chi connectivity index (χ2v) is 6.77. The van der Waals surface area contributed by atoms with Crippen LogP contribution < -0.4 is 5.32 Å². The lowest BCUT2D eigenvalue weighted by molar-refractivity contribution is 0.0698. The molecule has 116 valence electrons. The Morgan fingerprint density at radius 1 is 0.913 bits per heavy atom. The van der Waals surface area contributed by atoms with Gasteiger partial charge in [0.15, 0.2) is 0 Å². The number of hydrogen-bond acceptors (Lipinski definition) is 3. The summed E-state index contributed by atoms with van der Waals surface area (Å²) in [5.41, 5.74) is 4.22. The predicted molar refractivity (Wildman–Crippen MR) is 95.9 cm³/mol. The number of nitrogens with one attached hydrogen (secondary N) is 1. The van der Waals surface area contributed by atoms with Gasteiger partial charge in [-0.15, -0.1) is 11.3 Å².